The first-order valence-corrected chi connectivity index (χ1v) is 5.34. The normalized spacial score (nSPS) is 26.7. The lowest BCUT2D eigenvalue weighted by Crippen LogP contribution is -2.17. The lowest BCUT2D eigenvalue weighted by atomic mass is 10.2. The van der Waals surface area contributed by atoms with E-state index >= 15 is 0 Å². The Morgan fingerprint density at radius 3 is 2.86 bits per heavy atom. The molecule has 1 fully saturated rings. The van der Waals surface area contributed by atoms with E-state index in [-0.39, 0.29) is 23.9 Å². The lowest BCUT2D eigenvalue weighted by molar-refractivity contribution is -0.150. The Morgan fingerprint density at radius 2 is 2.36 bits per heavy atom. The first-order valence-electron chi connectivity index (χ1n) is 5.34. The fourth-order valence-electron chi connectivity index (χ4n) is 1.47. The van der Waals surface area contributed by atoms with Gasteiger partial charge in [-0.15, -0.1) is 0 Å². The van der Waals surface area contributed by atoms with Gasteiger partial charge in [0.1, 0.15) is 6.29 Å². The first-order chi connectivity index (χ1) is 6.69. The van der Waals surface area contributed by atoms with Crippen LogP contribution in [0.15, 0.2) is 0 Å². The molecule has 0 aromatic rings. The summed E-state index contributed by atoms with van der Waals surface area (Å²) in [6.45, 7) is 4.02. The van der Waals surface area contributed by atoms with Crippen molar-refractivity contribution in [3.8, 4) is 0 Å². The van der Waals surface area contributed by atoms with E-state index in [1.807, 2.05) is 6.92 Å². The highest BCUT2D eigenvalue weighted by Gasteiger charge is 2.44. The van der Waals surface area contributed by atoms with E-state index in [9.17, 15) is 9.59 Å². The molecule has 1 aliphatic rings. The zero-order valence-electron chi connectivity index (χ0n) is 8.86. The Labute approximate surface area is 84.8 Å². The number of carbonyl (C=O) groups is 2. The zero-order chi connectivity index (χ0) is 10.6. The lowest BCUT2D eigenvalue weighted by Gasteiger charge is -2.12. The summed E-state index contributed by atoms with van der Waals surface area (Å²) >= 11 is 0. The summed E-state index contributed by atoms with van der Waals surface area (Å²) in [5, 5.41) is 0. The van der Waals surface area contributed by atoms with Crippen LogP contribution in [0.5, 0.6) is 0 Å². The molecule has 0 radical (unpaired) electrons. The quantitative estimate of drug-likeness (QED) is 0.484. The van der Waals surface area contributed by atoms with Crippen molar-refractivity contribution in [3.63, 3.8) is 0 Å². The third-order valence-electron chi connectivity index (χ3n) is 2.60. The number of hydrogen-bond donors (Lipinski definition) is 0. The predicted octanol–water partition coefficient (Wildman–Crippen LogP) is 1.94. The third kappa shape index (κ3) is 3.13. The number of rotatable bonds is 6. The second-order valence-electron chi connectivity index (χ2n) is 4.03. The van der Waals surface area contributed by atoms with Crippen LogP contribution in [-0.2, 0) is 14.3 Å². The van der Waals surface area contributed by atoms with Crippen LogP contribution in [-0.4, -0.2) is 18.4 Å². The van der Waals surface area contributed by atoms with Gasteiger partial charge in [0.2, 0.25) is 0 Å². The summed E-state index contributed by atoms with van der Waals surface area (Å²) in [6.07, 6.45) is 4.64. The summed E-state index contributed by atoms with van der Waals surface area (Å²) in [5.41, 5.74) is 0. The van der Waals surface area contributed by atoms with E-state index in [1.165, 1.54) is 0 Å². The van der Waals surface area contributed by atoms with Crippen molar-refractivity contribution in [1.29, 1.82) is 0 Å². The highest BCUT2D eigenvalue weighted by atomic mass is 16.5. The molecular formula is C11H18O3. The fourth-order valence-corrected chi connectivity index (χ4v) is 1.47. The minimum Gasteiger partial charge on any atom is -0.462 e. The monoisotopic (exact) mass is 198 g/mol. The summed E-state index contributed by atoms with van der Waals surface area (Å²) in [7, 11) is 0. The van der Waals surface area contributed by atoms with E-state index in [2.05, 4.69) is 6.92 Å². The molecule has 0 amide bonds. The highest BCUT2D eigenvalue weighted by molar-refractivity contribution is 5.81. The van der Waals surface area contributed by atoms with Crippen molar-refractivity contribution >= 4 is 12.3 Å². The standard InChI is InChI=1S/C11H18O3/c1-3-4-5-8(2)14-11(13)10-6-9(10)7-12/h7-10H,3-6H2,1-2H3. The molecule has 0 heterocycles. The van der Waals surface area contributed by atoms with Crippen molar-refractivity contribution in [2.45, 2.75) is 45.6 Å². The van der Waals surface area contributed by atoms with Crippen LogP contribution < -0.4 is 0 Å². The van der Waals surface area contributed by atoms with Gasteiger partial charge < -0.3 is 9.53 Å². The van der Waals surface area contributed by atoms with Crippen LogP contribution in [0.4, 0.5) is 0 Å². The first kappa shape index (κ1) is 11.2. The Hall–Kier alpha value is -0.860. The van der Waals surface area contributed by atoms with Gasteiger partial charge in [-0.05, 0) is 19.8 Å². The molecule has 3 nitrogen and oxygen atoms in total. The van der Waals surface area contributed by atoms with Gasteiger partial charge >= 0.3 is 5.97 Å². The van der Waals surface area contributed by atoms with Gasteiger partial charge in [-0.25, -0.2) is 0 Å². The molecule has 0 spiro atoms. The van der Waals surface area contributed by atoms with Crippen molar-refractivity contribution in [2.75, 3.05) is 0 Å². The van der Waals surface area contributed by atoms with Gasteiger partial charge in [0.15, 0.2) is 0 Å². The number of aldehydes is 1. The Kier molecular flexibility index (Phi) is 4.11. The summed E-state index contributed by atoms with van der Waals surface area (Å²) in [4.78, 5) is 21.7. The SMILES string of the molecule is CCCCC(C)OC(=O)C1CC1C=O. The molecule has 14 heavy (non-hydrogen) atoms. The molecule has 80 valence electrons. The minimum absolute atomic E-state index is 0.00430. The number of ether oxygens (including phenoxy) is 1. The average molecular weight is 198 g/mol. The van der Waals surface area contributed by atoms with Crippen molar-refractivity contribution in [1.82, 2.24) is 0 Å². The van der Waals surface area contributed by atoms with E-state index in [0.29, 0.717) is 6.42 Å². The fraction of sp³-hybridized carbons (Fsp3) is 0.818. The molecule has 1 rings (SSSR count). The van der Waals surface area contributed by atoms with Crippen molar-refractivity contribution < 1.29 is 14.3 Å². The summed E-state index contributed by atoms with van der Waals surface area (Å²) in [5.74, 6) is -0.400. The largest absolute Gasteiger partial charge is 0.462 e. The van der Waals surface area contributed by atoms with Crippen LogP contribution in [0.3, 0.4) is 0 Å². The molecule has 0 aromatic heterocycles. The topological polar surface area (TPSA) is 43.4 Å². The molecule has 3 heteroatoms. The van der Waals surface area contributed by atoms with Crippen LogP contribution >= 0.6 is 0 Å². The minimum atomic E-state index is -0.189. The van der Waals surface area contributed by atoms with E-state index in [0.717, 1.165) is 25.5 Å². The zero-order valence-corrected chi connectivity index (χ0v) is 8.86. The summed E-state index contributed by atoms with van der Waals surface area (Å²) < 4.78 is 5.21. The van der Waals surface area contributed by atoms with Gasteiger partial charge in [-0.2, -0.15) is 0 Å². The molecule has 3 atom stereocenters. The predicted molar refractivity (Wildman–Crippen MR) is 52.7 cm³/mol. The number of hydrogen-bond acceptors (Lipinski definition) is 3. The number of carbonyl (C=O) groups excluding carboxylic acids is 2. The molecule has 0 saturated heterocycles. The van der Waals surface area contributed by atoms with Crippen LogP contribution in [0.2, 0.25) is 0 Å². The van der Waals surface area contributed by atoms with Crippen LogP contribution in [0.25, 0.3) is 0 Å². The van der Waals surface area contributed by atoms with Crippen LogP contribution in [0, 0.1) is 11.8 Å². The van der Waals surface area contributed by atoms with Crippen molar-refractivity contribution in [3.05, 3.63) is 0 Å². The molecule has 3 unspecified atom stereocenters. The Balaban J connectivity index is 2.17. The Bertz CT molecular complexity index is 213. The number of unbranched alkanes of at least 4 members (excludes halogenated alkanes) is 1. The number of esters is 1. The van der Waals surface area contributed by atoms with Gasteiger partial charge in [0, 0.05) is 5.92 Å². The maximum absolute atomic E-state index is 11.4. The van der Waals surface area contributed by atoms with E-state index in [1.54, 1.807) is 0 Å². The average Bonchev–Trinajstić information content (AvgIpc) is 2.93. The molecule has 0 aliphatic heterocycles. The van der Waals surface area contributed by atoms with E-state index < -0.39 is 0 Å². The van der Waals surface area contributed by atoms with Gasteiger partial charge in [0.25, 0.3) is 0 Å². The summed E-state index contributed by atoms with van der Waals surface area (Å²) in [6, 6.07) is 0. The van der Waals surface area contributed by atoms with E-state index in [4.69, 9.17) is 4.74 Å². The highest BCUT2D eigenvalue weighted by Crippen LogP contribution is 2.37. The second-order valence-corrected chi connectivity index (χ2v) is 4.03. The molecule has 0 aromatic carbocycles. The van der Waals surface area contributed by atoms with Crippen molar-refractivity contribution in [2.24, 2.45) is 11.8 Å². The third-order valence-corrected chi connectivity index (χ3v) is 2.60. The van der Waals surface area contributed by atoms with Crippen LogP contribution in [0.1, 0.15) is 39.5 Å². The molecule has 0 bridgehead atoms. The Morgan fingerprint density at radius 1 is 1.64 bits per heavy atom. The van der Waals surface area contributed by atoms with Gasteiger partial charge in [0.05, 0.1) is 12.0 Å². The molecular weight excluding hydrogens is 180 g/mol. The maximum atomic E-state index is 11.4. The van der Waals surface area contributed by atoms with Gasteiger partial charge in [-0.3, -0.25) is 4.79 Å². The smallest absolute Gasteiger partial charge is 0.309 e. The molecule has 1 saturated carbocycles. The second kappa shape index (κ2) is 5.13. The van der Waals surface area contributed by atoms with Gasteiger partial charge in [-0.1, -0.05) is 19.8 Å². The maximum Gasteiger partial charge on any atom is 0.309 e. The molecule has 0 N–H and O–H groups in total. The molecule has 1 aliphatic carbocycles.